The van der Waals surface area contributed by atoms with Gasteiger partial charge < -0.3 is 9.47 Å². The molecule has 150 valence electrons. The molecule has 1 aromatic heterocycles. The van der Waals surface area contributed by atoms with Gasteiger partial charge in [0.15, 0.2) is 0 Å². The van der Waals surface area contributed by atoms with Crippen LogP contribution in [-0.2, 0) is 9.84 Å². The molecule has 0 saturated carbocycles. The normalized spacial score (nSPS) is 17.8. The van der Waals surface area contributed by atoms with Gasteiger partial charge >= 0.3 is 0 Å². The summed E-state index contributed by atoms with van der Waals surface area (Å²) in [5.74, 6) is -0.183. The van der Waals surface area contributed by atoms with E-state index in [1.807, 2.05) is 37.3 Å². The Bertz CT molecular complexity index is 1010. The highest BCUT2D eigenvalue weighted by atomic mass is 32.2. The summed E-state index contributed by atoms with van der Waals surface area (Å²) in [6, 6.07) is 11.1. The van der Waals surface area contributed by atoms with Crippen molar-refractivity contribution in [2.45, 2.75) is 38.8 Å². The van der Waals surface area contributed by atoms with Crippen molar-refractivity contribution < 1.29 is 13.2 Å². The molecule has 0 aliphatic carbocycles. The third-order valence-corrected chi connectivity index (χ3v) is 7.35. The molecule has 1 unspecified atom stereocenters. The van der Waals surface area contributed by atoms with Crippen LogP contribution in [0.25, 0.3) is 0 Å². The maximum Gasteiger partial charge on any atom is 0.264 e. The van der Waals surface area contributed by atoms with Crippen molar-refractivity contribution in [3.8, 4) is 0 Å². The number of nitrogens with zero attached hydrogens (tertiary/aromatic N) is 2. The molecule has 0 spiro atoms. The topological polar surface area (TPSA) is 76.5 Å². The Morgan fingerprint density at radius 1 is 1.14 bits per heavy atom. The standard InChI is InChI=1S/C21H26N2O4S/c1-15-9-12-23(16(2)17-7-5-4-6-8-17)21(25)19(15)20(24)22(3)18-10-13-28(26,27)14-11-18/h4-9,12,16,18H,10-11,13-14H2,1-3H3. The first-order chi connectivity index (χ1) is 13.2. The number of carbonyl (C=O) groups excluding carboxylic acids is 1. The van der Waals surface area contributed by atoms with Crippen LogP contribution in [0, 0.1) is 6.92 Å². The Labute approximate surface area is 165 Å². The Hall–Kier alpha value is -2.41. The number of carbonyl (C=O) groups is 1. The third-order valence-electron chi connectivity index (χ3n) is 5.63. The summed E-state index contributed by atoms with van der Waals surface area (Å²) in [5, 5.41) is 0. The van der Waals surface area contributed by atoms with Crippen LogP contribution in [0.4, 0.5) is 0 Å². The third kappa shape index (κ3) is 4.04. The van der Waals surface area contributed by atoms with Gasteiger partial charge in [-0.05, 0) is 43.9 Å². The van der Waals surface area contributed by atoms with Gasteiger partial charge in [-0.25, -0.2) is 8.42 Å². The monoisotopic (exact) mass is 402 g/mol. The first-order valence-corrected chi connectivity index (χ1v) is 11.3. The molecule has 0 N–H and O–H groups in total. The van der Waals surface area contributed by atoms with Crippen molar-refractivity contribution in [1.29, 1.82) is 0 Å². The number of benzene rings is 1. The van der Waals surface area contributed by atoms with Gasteiger partial charge in [0.1, 0.15) is 15.4 Å². The lowest BCUT2D eigenvalue weighted by Crippen LogP contribution is -2.44. The molecule has 1 atom stereocenters. The fourth-order valence-corrected chi connectivity index (χ4v) is 5.17. The number of sulfone groups is 1. The zero-order valence-electron chi connectivity index (χ0n) is 16.5. The van der Waals surface area contributed by atoms with Gasteiger partial charge in [-0.3, -0.25) is 9.59 Å². The minimum Gasteiger partial charge on any atom is -0.338 e. The van der Waals surface area contributed by atoms with Gasteiger partial charge in [0.05, 0.1) is 17.5 Å². The lowest BCUT2D eigenvalue weighted by atomic mass is 10.0. The summed E-state index contributed by atoms with van der Waals surface area (Å²) >= 11 is 0. The van der Waals surface area contributed by atoms with Gasteiger partial charge in [-0.15, -0.1) is 0 Å². The van der Waals surface area contributed by atoms with E-state index in [1.54, 1.807) is 30.8 Å². The molecule has 7 heteroatoms. The maximum absolute atomic E-state index is 13.2. The van der Waals surface area contributed by atoms with Gasteiger partial charge in [0.2, 0.25) is 0 Å². The highest BCUT2D eigenvalue weighted by Gasteiger charge is 2.31. The molecule has 6 nitrogen and oxygen atoms in total. The summed E-state index contributed by atoms with van der Waals surface area (Å²) in [6.45, 7) is 3.68. The number of aromatic nitrogens is 1. The van der Waals surface area contributed by atoms with E-state index >= 15 is 0 Å². The number of pyridine rings is 1. The van der Waals surface area contributed by atoms with Crippen LogP contribution in [0.3, 0.4) is 0 Å². The second-order valence-corrected chi connectivity index (χ2v) is 9.78. The van der Waals surface area contributed by atoms with E-state index in [0.717, 1.165) is 5.56 Å². The first kappa shape index (κ1) is 20.3. The maximum atomic E-state index is 13.2. The quantitative estimate of drug-likeness (QED) is 0.787. The second kappa shape index (κ2) is 7.91. The molecule has 0 bridgehead atoms. The predicted molar refractivity (Wildman–Crippen MR) is 109 cm³/mol. The zero-order valence-corrected chi connectivity index (χ0v) is 17.3. The Morgan fingerprint density at radius 3 is 2.36 bits per heavy atom. The summed E-state index contributed by atoms with van der Waals surface area (Å²) in [4.78, 5) is 27.8. The summed E-state index contributed by atoms with van der Waals surface area (Å²) in [6.07, 6.45) is 2.54. The van der Waals surface area contributed by atoms with Crippen LogP contribution < -0.4 is 5.56 Å². The molecule has 28 heavy (non-hydrogen) atoms. The second-order valence-electron chi connectivity index (χ2n) is 7.47. The molecule has 3 rings (SSSR count). The van der Waals surface area contributed by atoms with E-state index in [0.29, 0.717) is 18.4 Å². The van der Waals surface area contributed by atoms with Crippen LogP contribution >= 0.6 is 0 Å². The molecule has 1 aliphatic heterocycles. The van der Waals surface area contributed by atoms with E-state index in [1.165, 1.54) is 4.90 Å². The molecule has 1 amide bonds. The van der Waals surface area contributed by atoms with E-state index in [4.69, 9.17) is 0 Å². The van der Waals surface area contributed by atoms with Crippen molar-refractivity contribution in [2.24, 2.45) is 0 Å². The van der Waals surface area contributed by atoms with E-state index in [9.17, 15) is 18.0 Å². The van der Waals surface area contributed by atoms with Crippen molar-refractivity contribution in [2.75, 3.05) is 18.6 Å². The van der Waals surface area contributed by atoms with Crippen molar-refractivity contribution >= 4 is 15.7 Å². The number of rotatable bonds is 4. The fourth-order valence-electron chi connectivity index (χ4n) is 3.71. The predicted octanol–water partition coefficient (Wildman–Crippen LogP) is 2.42. The Morgan fingerprint density at radius 2 is 1.75 bits per heavy atom. The average Bonchev–Trinajstić information content (AvgIpc) is 2.67. The van der Waals surface area contributed by atoms with Crippen LogP contribution in [0.1, 0.15) is 47.3 Å². The Kier molecular flexibility index (Phi) is 5.74. The van der Waals surface area contributed by atoms with Gasteiger partial charge in [0, 0.05) is 19.3 Å². The lowest BCUT2D eigenvalue weighted by molar-refractivity contribution is 0.0718. The van der Waals surface area contributed by atoms with Crippen LogP contribution in [0.2, 0.25) is 0 Å². The van der Waals surface area contributed by atoms with E-state index < -0.39 is 9.84 Å². The van der Waals surface area contributed by atoms with Crippen molar-refractivity contribution in [3.63, 3.8) is 0 Å². The van der Waals surface area contributed by atoms with Crippen LogP contribution in [0.15, 0.2) is 47.4 Å². The minimum atomic E-state index is -3.01. The number of amides is 1. The first-order valence-electron chi connectivity index (χ1n) is 9.45. The number of hydrogen-bond donors (Lipinski definition) is 0. The van der Waals surface area contributed by atoms with Crippen molar-refractivity contribution in [3.05, 3.63) is 69.6 Å². The molecular weight excluding hydrogens is 376 g/mol. The molecule has 1 saturated heterocycles. The van der Waals surface area contributed by atoms with Gasteiger partial charge in [0.25, 0.3) is 11.5 Å². The summed E-state index contributed by atoms with van der Waals surface area (Å²) in [7, 11) is -1.35. The molecule has 1 aliphatic rings. The minimum absolute atomic E-state index is 0.0817. The number of aryl methyl sites for hydroxylation is 1. The summed E-state index contributed by atoms with van der Waals surface area (Å²) < 4.78 is 24.9. The number of hydrogen-bond acceptors (Lipinski definition) is 4. The van der Waals surface area contributed by atoms with E-state index in [-0.39, 0.29) is 40.6 Å². The lowest BCUT2D eigenvalue weighted by Gasteiger charge is -2.31. The van der Waals surface area contributed by atoms with Crippen LogP contribution in [-0.4, -0.2) is 48.4 Å². The smallest absolute Gasteiger partial charge is 0.264 e. The fraction of sp³-hybridized carbons (Fsp3) is 0.429. The SMILES string of the molecule is Cc1ccn(C(C)c2ccccc2)c(=O)c1C(=O)N(C)C1CCS(=O)(=O)CC1. The highest BCUT2D eigenvalue weighted by molar-refractivity contribution is 7.91. The Balaban J connectivity index is 1.91. The molecule has 2 aromatic rings. The molecule has 1 fully saturated rings. The largest absolute Gasteiger partial charge is 0.338 e. The summed E-state index contributed by atoms with van der Waals surface area (Å²) in [5.41, 5.74) is 1.44. The van der Waals surface area contributed by atoms with Gasteiger partial charge in [-0.2, -0.15) is 0 Å². The molecule has 0 radical (unpaired) electrons. The van der Waals surface area contributed by atoms with E-state index in [2.05, 4.69) is 0 Å². The zero-order chi connectivity index (χ0) is 20.5. The van der Waals surface area contributed by atoms with Gasteiger partial charge in [-0.1, -0.05) is 30.3 Å². The van der Waals surface area contributed by atoms with Crippen molar-refractivity contribution in [1.82, 2.24) is 9.47 Å². The van der Waals surface area contributed by atoms with Crippen LogP contribution in [0.5, 0.6) is 0 Å². The average molecular weight is 403 g/mol. The molecule has 2 heterocycles. The molecular formula is C21H26N2O4S. The highest BCUT2D eigenvalue weighted by Crippen LogP contribution is 2.20. The molecule has 1 aromatic carbocycles.